The van der Waals surface area contributed by atoms with Crippen LogP contribution in [0.5, 0.6) is 0 Å². The molecule has 1 aliphatic heterocycles. The zero-order chi connectivity index (χ0) is 13.9. The minimum absolute atomic E-state index is 0.0737. The van der Waals surface area contributed by atoms with Crippen LogP contribution in [0.15, 0.2) is 5.38 Å². The molecular formula is C12H16N2O3S2. The Morgan fingerprint density at radius 3 is 2.95 bits per heavy atom. The highest BCUT2D eigenvalue weighted by molar-refractivity contribution is 8.01. The molecule has 1 unspecified atom stereocenters. The maximum absolute atomic E-state index is 12.0. The Balaban J connectivity index is 1.79. The van der Waals surface area contributed by atoms with E-state index in [0.29, 0.717) is 13.0 Å². The predicted molar refractivity (Wildman–Crippen MR) is 75.9 cm³/mol. The molecular weight excluding hydrogens is 284 g/mol. The molecule has 0 bridgehead atoms. The third-order valence-corrected chi connectivity index (χ3v) is 5.52. The second-order valence-corrected chi connectivity index (χ2v) is 7.16. The van der Waals surface area contributed by atoms with Crippen molar-refractivity contribution in [2.45, 2.75) is 30.9 Å². The van der Waals surface area contributed by atoms with Crippen molar-refractivity contribution in [1.82, 2.24) is 10.3 Å². The normalized spacial score (nSPS) is 22.4. The minimum Gasteiger partial charge on any atom is -0.476 e. The average Bonchev–Trinajstić information content (AvgIpc) is 2.99. The van der Waals surface area contributed by atoms with Crippen LogP contribution in [-0.2, 0) is 11.2 Å². The molecule has 1 atom stereocenters. The third-order valence-electron chi connectivity index (χ3n) is 3.09. The number of aromatic nitrogens is 1. The number of carbonyl (C=O) groups is 2. The number of thioether (sulfide) groups is 1. The van der Waals surface area contributed by atoms with E-state index in [9.17, 15) is 9.59 Å². The number of carbonyl (C=O) groups excluding carboxylic acids is 1. The van der Waals surface area contributed by atoms with Crippen molar-refractivity contribution in [2.24, 2.45) is 0 Å². The number of carboxylic acid groups (broad SMARTS) is 1. The van der Waals surface area contributed by atoms with Gasteiger partial charge in [0.05, 0.1) is 9.75 Å². The van der Waals surface area contributed by atoms with E-state index in [1.54, 1.807) is 11.8 Å². The standard InChI is InChI=1S/C12H16N2O3S2/c1-12(4-2-6-19-12)11(17)13-5-3-9-14-8(7-18-9)10(15)16/h7H,2-6H2,1H3,(H,13,17)(H,15,16). The molecule has 2 N–H and O–H groups in total. The van der Waals surface area contributed by atoms with E-state index in [4.69, 9.17) is 5.11 Å². The fourth-order valence-electron chi connectivity index (χ4n) is 1.95. The molecule has 1 amide bonds. The zero-order valence-corrected chi connectivity index (χ0v) is 12.3. The molecule has 0 spiro atoms. The molecule has 1 aromatic rings. The van der Waals surface area contributed by atoms with Crippen molar-refractivity contribution in [3.05, 3.63) is 16.1 Å². The summed E-state index contributed by atoms with van der Waals surface area (Å²) in [6.07, 6.45) is 2.58. The Morgan fingerprint density at radius 1 is 1.58 bits per heavy atom. The van der Waals surface area contributed by atoms with Gasteiger partial charge in [0.1, 0.15) is 0 Å². The van der Waals surface area contributed by atoms with Crippen molar-refractivity contribution < 1.29 is 14.7 Å². The topological polar surface area (TPSA) is 79.3 Å². The second kappa shape index (κ2) is 5.92. The highest BCUT2D eigenvalue weighted by Gasteiger charge is 2.36. The maximum Gasteiger partial charge on any atom is 0.355 e. The van der Waals surface area contributed by atoms with E-state index in [2.05, 4.69) is 10.3 Å². The number of thiazole rings is 1. The van der Waals surface area contributed by atoms with Crippen LogP contribution in [0, 0.1) is 0 Å². The van der Waals surface area contributed by atoms with Crippen LogP contribution in [0.3, 0.4) is 0 Å². The Hall–Kier alpha value is -1.08. The van der Waals surface area contributed by atoms with Crippen LogP contribution in [0.2, 0.25) is 0 Å². The molecule has 1 aliphatic rings. The van der Waals surface area contributed by atoms with E-state index in [-0.39, 0.29) is 16.3 Å². The lowest BCUT2D eigenvalue weighted by atomic mass is 10.1. The van der Waals surface area contributed by atoms with Gasteiger partial charge in [0.15, 0.2) is 5.69 Å². The van der Waals surface area contributed by atoms with Gasteiger partial charge >= 0.3 is 5.97 Å². The SMILES string of the molecule is CC1(C(=O)NCCc2nc(C(=O)O)cs2)CCCS1. The fraction of sp³-hybridized carbons (Fsp3) is 0.583. The van der Waals surface area contributed by atoms with E-state index >= 15 is 0 Å². The lowest BCUT2D eigenvalue weighted by Gasteiger charge is -2.21. The van der Waals surface area contributed by atoms with Crippen LogP contribution in [0.1, 0.15) is 35.3 Å². The van der Waals surface area contributed by atoms with Gasteiger partial charge in [0, 0.05) is 18.3 Å². The summed E-state index contributed by atoms with van der Waals surface area (Å²) in [6, 6.07) is 0. The number of hydrogen-bond donors (Lipinski definition) is 2. The first-order chi connectivity index (χ1) is 9.01. The maximum atomic E-state index is 12.0. The lowest BCUT2D eigenvalue weighted by Crippen LogP contribution is -2.41. The summed E-state index contributed by atoms with van der Waals surface area (Å²) in [6.45, 7) is 2.48. The Kier molecular flexibility index (Phi) is 4.46. The number of nitrogens with one attached hydrogen (secondary N) is 1. The highest BCUT2D eigenvalue weighted by Crippen LogP contribution is 2.37. The Labute approximate surface area is 119 Å². The zero-order valence-electron chi connectivity index (χ0n) is 10.6. The van der Waals surface area contributed by atoms with Gasteiger partial charge in [0.2, 0.25) is 5.91 Å². The molecule has 0 aromatic carbocycles. The molecule has 0 radical (unpaired) electrons. The first kappa shape index (κ1) is 14.3. The summed E-state index contributed by atoms with van der Waals surface area (Å²) in [4.78, 5) is 26.7. The summed E-state index contributed by atoms with van der Waals surface area (Å²) >= 11 is 3.02. The Bertz CT molecular complexity index is 481. The molecule has 2 heterocycles. The average molecular weight is 300 g/mol. The molecule has 2 rings (SSSR count). The lowest BCUT2D eigenvalue weighted by molar-refractivity contribution is -0.123. The van der Waals surface area contributed by atoms with Crippen molar-refractivity contribution >= 4 is 35.0 Å². The van der Waals surface area contributed by atoms with Gasteiger partial charge in [-0.25, -0.2) is 9.78 Å². The van der Waals surface area contributed by atoms with E-state index < -0.39 is 5.97 Å². The van der Waals surface area contributed by atoms with Crippen molar-refractivity contribution in [1.29, 1.82) is 0 Å². The smallest absolute Gasteiger partial charge is 0.355 e. The first-order valence-electron chi connectivity index (χ1n) is 6.11. The largest absolute Gasteiger partial charge is 0.476 e. The molecule has 7 heteroatoms. The van der Waals surface area contributed by atoms with Gasteiger partial charge in [-0.05, 0) is 25.5 Å². The third kappa shape index (κ3) is 3.48. The summed E-state index contributed by atoms with van der Waals surface area (Å²) in [5.41, 5.74) is 0.0737. The van der Waals surface area contributed by atoms with E-state index in [1.807, 2.05) is 6.92 Å². The number of nitrogens with zero attached hydrogens (tertiary/aromatic N) is 1. The molecule has 1 aromatic heterocycles. The summed E-state index contributed by atoms with van der Waals surface area (Å²) in [7, 11) is 0. The van der Waals surface area contributed by atoms with Crippen molar-refractivity contribution in [3.63, 3.8) is 0 Å². The van der Waals surface area contributed by atoms with Crippen molar-refractivity contribution in [3.8, 4) is 0 Å². The van der Waals surface area contributed by atoms with Crippen LogP contribution in [-0.4, -0.2) is 39.0 Å². The predicted octanol–water partition coefficient (Wildman–Crippen LogP) is 1.79. The van der Waals surface area contributed by atoms with Gasteiger partial charge in [0.25, 0.3) is 0 Å². The summed E-state index contributed by atoms with van der Waals surface area (Å²) < 4.78 is -0.297. The van der Waals surface area contributed by atoms with Gasteiger partial charge in [-0.2, -0.15) is 0 Å². The van der Waals surface area contributed by atoms with Gasteiger partial charge in [-0.3, -0.25) is 4.79 Å². The van der Waals surface area contributed by atoms with Crippen LogP contribution < -0.4 is 5.32 Å². The second-order valence-electron chi connectivity index (χ2n) is 4.62. The quantitative estimate of drug-likeness (QED) is 0.866. The molecule has 0 saturated carbocycles. The van der Waals surface area contributed by atoms with Crippen LogP contribution >= 0.6 is 23.1 Å². The molecule has 19 heavy (non-hydrogen) atoms. The molecule has 1 saturated heterocycles. The van der Waals surface area contributed by atoms with Crippen LogP contribution in [0.4, 0.5) is 0 Å². The number of amides is 1. The summed E-state index contributed by atoms with van der Waals surface area (Å²) in [5.74, 6) is 0.102. The minimum atomic E-state index is -1.01. The number of carboxylic acids is 1. The first-order valence-corrected chi connectivity index (χ1v) is 7.98. The number of rotatable bonds is 5. The Morgan fingerprint density at radius 2 is 2.37 bits per heavy atom. The van der Waals surface area contributed by atoms with Crippen molar-refractivity contribution in [2.75, 3.05) is 12.3 Å². The van der Waals surface area contributed by atoms with E-state index in [0.717, 1.165) is 23.6 Å². The monoisotopic (exact) mass is 300 g/mol. The number of hydrogen-bond acceptors (Lipinski definition) is 5. The van der Waals surface area contributed by atoms with E-state index in [1.165, 1.54) is 16.7 Å². The fourth-order valence-corrected chi connectivity index (χ4v) is 3.96. The van der Waals surface area contributed by atoms with Gasteiger partial charge < -0.3 is 10.4 Å². The number of aromatic carboxylic acids is 1. The highest BCUT2D eigenvalue weighted by atomic mass is 32.2. The molecule has 1 fully saturated rings. The summed E-state index contributed by atoms with van der Waals surface area (Å²) in [5, 5.41) is 13.9. The van der Waals surface area contributed by atoms with Gasteiger partial charge in [-0.15, -0.1) is 23.1 Å². The molecule has 5 nitrogen and oxygen atoms in total. The van der Waals surface area contributed by atoms with Crippen LogP contribution in [0.25, 0.3) is 0 Å². The molecule has 0 aliphatic carbocycles. The van der Waals surface area contributed by atoms with Gasteiger partial charge in [-0.1, -0.05) is 0 Å². The molecule has 104 valence electrons.